The summed E-state index contributed by atoms with van der Waals surface area (Å²) < 4.78 is 0. The molecule has 6 nitrogen and oxygen atoms in total. The molecule has 27 heavy (non-hydrogen) atoms. The molecule has 2 heterocycles. The fourth-order valence-electron chi connectivity index (χ4n) is 3.28. The first-order chi connectivity index (χ1) is 13.1. The normalized spacial score (nSPS) is 15.1. The van der Waals surface area contributed by atoms with Crippen LogP contribution < -0.4 is 15.5 Å². The van der Waals surface area contributed by atoms with Gasteiger partial charge in [-0.1, -0.05) is 18.2 Å². The van der Waals surface area contributed by atoms with Crippen LogP contribution in [0.5, 0.6) is 0 Å². The number of rotatable bonds is 6. The van der Waals surface area contributed by atoms with Crippen LogP contribution in [0.3, 0.4) is 0 Å². The smallest absolute Gasteiger partial charge is 0.251 e. The number of hydrogen-bond acceptors (Lipinski definition) is 4. The molecule has 1 aliphatic rings. The number of carbonyl (C=O) groups is 2. The zero-order valence-electron chi connectivity index (χ0n) is 15.6. The molecule has 0 spiro atoms. The van der Waals surface area contributed by atoms with Crippen LogP contribution in [-0.4, -0.2) is 35.9 Å². The van der Waals surface area contributed by atoms with Gasteiger partial charge in [-0.25, -0.2) is 4.98 Å². The maximum atomic E-state index is 12.5. The summed E-state index contributed by atoms with van der Waals surface area (Å²) in [5.74, 6) is 0.514. The van der Waals surface area contributed by atoms with Crippen LogP contribution in [0.1, 0.15) is 43.0 Å². The molecule has 0 radical (unpaired) electrons. The number of aromatic nitrogens is 1. The van der Waals surface area contributed by atoms with Crippen LogP contribution in [0.4, 0.5) is 11.5 Å². The lowest BCUT2D eigenvalue weighted by Gasteiger charge is -2.29. The molecule has 1 fully saturated rings. The first-order valence-electron chi connectivity index (χ1n) is 9.49. The molecular weight excluding hydrogens is 340 g/mol. The molecule has 1 aliphatic heterocycles. The Morgan fingerprint density at radius 3 is 2.56 bits per heavy atom. The van der Waals surface area contributed by atoms with Gasteiger partial charge in [0.25, 0.3) is 5.91 Å². The zero-order chi connectivity index (χ0) is 19.1. The lowest BCUT2D eigenvalue weighted by atomic mass is 10.1. The van der Waals surface area contributed by atoms with Gasteiger partial charge >= 0.3 is 0 Å². The Morgan fingerprint density at radius 1 is 1.07 bits per heavy atom. The molecule has 0 saturated carbocycles. The summed E-state index contributed by atoms with van der Waals surface area (Å²) in [5.41, 5.74) is 1.32. The summed E-state index contributed by atoms with van der Waals surface area (Å²) in [6.45, 7) is 3.75. The average Bonchev–Trinajstić information content (AvgIpc) is 2.69. The van der Waals surface area contributed by atoms with E-state index >= 15 is 0 Å². The Kier molecular flexibility index (Phi) is 6.41. The fraction of sp³-hybridized carbons (Fsp3) is 0.381. The van der Waals surface area contributed by atoms with E-state index in [2.05, 4.69) is 20.5 Å². The topological polar surface area (TPSA) is 74.3 Å². The van der Waals surface area contributed by atoms with Crippen LogP contribution in [0.15, 0.2) is 48.7 Å². The lowest BCUT2D eigenvalue weighted by molar-refractivity contribution is -0.116. The van der Waals surface area contributed by atoms with Crippen LogP contribution in [-0.2, 0) is 4.79 Å². The summed E-state index contributed by atoms with van der Waals surface area (Å²) >= 11 is 0. The molecule has 3 rings (SSSR count). The Labute approximate surface area is 160 Å². The second kappa shape index (κ2) is 9.16. The fourth-order valence-corrected chi connectivity index (χ4v) is 3.28. The van der Waals surface area contributed by atoms with Gasteiger partial charge in [-0.15, -0.1) is 0 Å². The van der Waals surface area contributed by atoms with Crippen LogP contribution in [0.2, 0.25) is 0 Å². The predicted molar refractivity (Wildman–Crippen MR) is 107 cm³/mol. The van der Waals surface area contributed by atoms with Gasteiger partial charge in [-0.3, -0.25) is 9.59 Å². The highest BCUT2D eigenvalue weighted by Crippen LogP contribution is 2.25. The number of carbonyl (C=O) groups excluding carboxylic acids is 2. The third-order valence-electron chi connectivity index (χ3n) is 4.62. The highest BCUT2D eigenvalue weighted by molar-refractivity contribution is 5.96. The Balaban J connectivity index is 1.57. The van der Waals surface area contributed by atoms with Crippen molar-refractivity contribution in [2.24, 2.45) is 0 Å². The van der Waals surface area contributed by atoms with E-state index in [4.69, 9.17) is 0 Å². The van der Waals surface area contributed by atoms with E-state index in [1.807, 2.05) is 37.3 Å². The summed E-state index contributed by atoms with van der Waals surface area (Å²) in [4.78, 5) is 31.3. The standard InChI is InChI=1S/C21H26N4O2/c1-16(23-21(27)17-9-4-2-5-10-17)15-19(26)24-18-11-8-12-22-20(18)25-13-6-3-7-14-25/h2,4-5,8-12,16H,3,6-7,13-15H2,1H3,(H,23,27)(H,24,26). The molecule has 1 aromatic heterocycles. The Bertz CT molecular complexity index is 773. The first-order valence-corrected chi connectivity index (χ1v) is 9.49. The molecule has 1 aromatic carbocycles. The highest BCUT2D eigenvalue weighted by Gasteiger charge is 2.18. The van der Waals surface area contributed by atoms with E-state index in [0.29, 0.717) is 5.56 Å². The number of benzene rings is 1. The Morgan fingerprint density at radius 2 is 1.81 bits per heavy atom. The molecule has 2 amide bonds. The largest absolute Gasteiger partial charge is 0.355 e. The summed E-state index contributed by atoms with van der Waals surface area (Å²) in [6.07, 6.45) is 5.48. The van der Waals surface area contributed by atoms with E-state index in [1.165, 1.54) is 6.42 Å². The van der Waals surface area contributed by atoms with Gasteiger partial charge in [0, 0.05) is 37.3 Å². The van der Waals surface area contributed by atoms with Crippen molar-refractivity contribution in [2.45, 2.75) is 38.6 Å². The van der Waals surface area contributed by atoms with Gasteiger partial charge < -0.3 is 15.5 Å². The van der Waals surface area contributed by atoms with Gasteiger partial charge in [-0.05, 0) is 50.5 Å². The molecule has 1 unspecified atom stereocenters. The van der Waals surface area contributed by atoms with Crippen molar-refractivity contribution in [1.82, 2.24) is 10.3 Å². The SMILES string of the molecule is CC(CC(=O)Nc1cccnc1N1CCCCC1)NC(=O)c1ccccc1. The number of nitrogens with one attached hydrogen (secondary N) is 2. The van der Waals surface area contributed by atoms with Crippen molar-refractivity contribution < 1.29 is 9.59 Å². The second-order valence-corrected chi connectivity index (χ2v) is 6.92. The number of piperidine rings is 1. The van der Waals surface area contributed by atoms with Gasteiger partial charge in [0.2, 0.25) is 5.91 Å². The molecule has 2 N–H and O–H groups in total. The quantitative estimate of drug-likeness (QED) is 0.823. The predicted octanol–water partition coefficient (Wildman–Crippen LogP) is 3.22. The van der Waals surface area contributed by atoms with Crippen LogP contribution in [0, 0.1) is 0 Å². The van der Waals surface area contributed by atoms with E-state index in [0.717, 1.165) is 37.4 Å². The highest BCUT2D eigenvalue weighted by atomic mass is 16.2. The zero-order valence-corrected chi connectivity index (χ0v) is 15.6. The first kappa shape index (κ1) is 18.9. The summed E-state index contributed by atoms with van der Waals surface area (Å²) in [6, 6.07) is 12.4. The number of amides is 2. The van der Waals surface area contributed by atoms with Gasteiger partial charge in [-0.2, -0.15) is 0 Å². The van der Waals surface area contributed by atoms with Gasteiger partial charge in [0.05, 0.1) is 5.69 Å². The number of nitrogens with zero attached hydrogens (tertiary/aromatic N) is 2. The third-order valence-corrected chi connectivity index (χ3v) is 4.62. The van der Waals surface area contributed by atoms with E-state index in [1.54, 1.807) is 18.3 Å². The van der Waals surface area contributed by atoms with E-state index in [-0.39, 0.29) is 24.3 Å². The number of hydrogen-bond donors (Lipinski definition) is 2. The molecule has 6 heteroatoms. The molecule has 1 atom stereocenters. The van der Waals surface area contributed by atoms with E-state index < -0.39 is 0 Å². The van der Waals surface area contributed by atoms with Crippen LogP contribution >= 0.6 is 0 Å². The molecule has 1 saturated heterocycles. The molecule has 2 aromatic rings. The van der Waals surface area contributed by atoms with Crippen molar-refractivity contribution in [3.63, 3.8) is 0 Å². The van der Waals surface area contributed by atoms with Crippen molar-refractivity contribution in [3.8, 4) is 0 Å². The molecule has 0 bridgehead atoms. The van der Waals surface area contributed by atoms with Gasteiger partial charge in [0.15, 0.2) is 5.82 Å². The van der Waals surface area contributed by atoms with Gasteiger partial charge in [0.1, 0.15) is 0 Å². The van der Waals surface area contributed by atoms with Crippen molar-refractivity contribution in [1.29, 1.82) is 0 Å². The second-order valence-electron chi connectivity index (χ2n) is 6.92. The summed E-state index contributed by atoms with van der Waals surface area (Å²) in [7, 11) is 0. The van der Waals surface area contributed by atoms with Crippen molar-refractivity contribution in [2.75, 3.05) is 23.3 Å². The molecular formula is C21H26N4O2. The maximum Gasteiger partial charge on any atom is 0.251 e. The van der Waals surface area contributed by atoms with Crippen molar-refractivity contribution >= 4 is 23.3 Å². The average molecular weight is 366 g/mol. The number of pyridine rings is 1. The minimum absolute atomic E-state index is 0.137. The maximum absolute atomic E-state index is 12.5. The Hall–Kier alpha value is -2.89. The lowest BCUT2D eigenvalue weighted by Crippen LogP contribution is -2.36. The van der Waals surface area contributed by atoms with E-state index in [9.17, 15) is 9.59 Å². The third kappa shape index (κ3) is 5.29. The molecule has 142 valence electrons. The monoisotopic (exact) mass is 366 g/mol. The minimum atomic E-state index is -0.271. The van der Waals surface area contributed by atoms with Crippen molar-refractivity contribution in [3.05, 3.63) is 54.2 Å². The molecule has 0 aliphatic carbocycles. The van der Waals surface area contributed by atoms with Crippen LogP contribution in [0.25, 0.3) is 0 Å². The summed E-state index contributed by atoms with van der Waals surface area (Å²) in [5, 5.41) is 5.82. The minimum Gasteiger partial charge on any atom is -0.355 e. The number of anilines is 2.